The molecular weight excluding hydrogens is 224 g/mol. The highest BCUT2D eigenvalue weighted by atomic mass is 16.6. The number of carbonyl (C=O) groups excluding carboxylic acids is 2. The molecule has 2 rings (SSSR count). The van der Waals surface area contributed by atoms with Crippen LogP contribution in [-0.4, -0.2) is 50.3 Å². The number of amides is 1. The van der Waals surface area contributed by atoms with Crippen molar-refractivity contribution in [3.05, 3.63) is 0 Å². The first-order valence-corrected chi connectivity index (χ1v) is 6.14. The van der Waals surface area contributed by atoms with E-state index in [4.69, 9.17) is 9.47 Å². The van der Waals surface area contributed by atoms with Gasteiger partial charge in [0.15, 0.2) is 6.04 Å². The largest absolute Gasteiger partial charge is 0.463 e. The molecule has 0 aromatic heterocycles. The summed E-state index contributed by atoms with van der Waals surface area (Å²) in [7, 11) is 0. The van der Waals surface area contributed by atoms with Gasteiger partial charge in [0, 0.05) is 6.61 Å². The summed E-state index contributed by atoms with van der Waals surface area (Å²) in [6, 6.07) is -0.333. The maximum atomic E-state index is 11.5. The van der Waals surface area contributed by atoms with Crippen molar-refractivity contribution < 1.29 is 24.4 Å². The summed E-state index contributed by atoms with van der Waals surface area (Å²) >= 11 is 0. The van der Waals surface area contributed by atoms with Crippen LogP contribution in [0.2, 0.25) is 0 Å². The summed E-state index contributed by atoms with van der Waals surface area (Å²) in [5.74, 6) is -0.399. The van der Waals surface area contributed by atoms with E-state index in [0.717, 1.165) is 26.0 Å². The van der Waals surface area contributed by atoms with E-state index in [-0.39, 0.29) is 30.4 Å². The van der Waals surface area contributed by atoms with Crippen LogP contribution in [0.1, 0.15) is 19.3 Å². The lowest BCUT2D eigenvalue weighted by Crippen LogP contribution is -2.96. The Morgan fingerprint density at radius 2 is 2.47 bits per heavy atom. The molecule has 0 bridgehead atoms. The Bertz CT molecular complexity index is 289. The third-order valence-electron chi connectivity index (χ3n) is 3.07. The molecule has 0 spiro atoms. The molecule has 96 valence electrons. The highest BCUT2D eigenvalue weighted by molar-refractivity contribution is 5.85. The smallest absolute Gasteiger partial charge is 0.312 e. The van der Waals surface area contributed by atoms with Crippen molar-refractivity contribution in [2.24, 2.45) is 0 Å². The number of rotatable bonds is 4. The van der Waals surface area contributed by atoms with Crippen molar-refractivity contribution in [3.63, 3.8) is 0 Å². The Morgan fingerprint density at radius 3 is 3.18 bits per heavy atom. The van der Waals surface area contributed by atoms with E-state index in [1.54, 1.807) is 0 Å². The number of hydrogen-bond donors (Lipinski definition) is 2. The predicted molar refractivity (Wildman–Crippen MR) is 58.1 cm³/mol. The Labute approximate surface area is 100 Å². The fraction of sp³-hybridized carbons (Fsp3) is 0.818. The Balaban J connectivity index is 1.67. The van der Waals surface area contributed by atoms with Crippen molar-refractivity contribution in [2.75, 3.05) is 26.3 Å². The van der Waals surface area contributed by atoms with Crippen LogP contribution >= 0.6 is 0 Å². The molecular formula is C11H19N2O4+. The van der Waals surface area contributed by atoms with Crippen molar-refractivity contribution >= 4 is 11.9 Å². The quantitative estimate of drug-likeness (QED) is 0.569. The van der Waals surface area contributed by atoms with Gasteiger partial charge in [-0.1, -0.05) is 0 Å². The second-order valence-electron chi connectivity index (χ2n) is 4.44. The lowest BCUT2D eigenvalue weighted by Gasteiger charge is -2.19. The number of piperazine rings is 1. The Hall–Kier alpha value is -1.14. The Kier molecular flexibility index (Phi) is 4.33. The number of hydrogen-bond acceptors (Lipinski definition) is 4. The second-order valence-corrected chi connectivity index (χ2v) is 4.44. The first kappa shape index (κ1) is 12.3. The first-order chi connectivity index (χ1) is 8.25. The molecule has 0 unspecified atom stereocenters. The molecule has 6 nitrogen and oxygen atoms in total. The number of carbonyl (C=O) groups is 2. The van der Waals surface area contributed by atoms with Gasteiger partial charge in [-0.15, -0.1) is 0 Å². The zero-order valence-corrected chi connectivity index (χ0v) is 9.81. The molecule has 2 fully saturated rings. The van der Waals surface area contributed by atoms with Gasteiger partial charge in [0.05, 0.1) is 19.2 Å². The van der Waals surface area contributed by atoms with Crippen molar-refractivity contribution in [1.29, 1.82) is 0 Å². The van der Waals surface area contributed by atoms with Gasteiger partial charge in [0.2, 0.25) is 0 Å². The van der Waals surface area contributed by atoms with E-state index in [1.165, 1.54) is 0 Å². The molecule has 2 heterocycles. The molecule has 17 heavy (non-hydrogen) atoms. The minimum absolute atomic E-state index is 0.0445. The maximum absolute atomic E-state index is 11.5. The van der Waals surface area contributed by atoms with Gasteiger partial charge in [0.25, 0.3) is 5.91 Å². The van der Waals surface area contributed by atoms with Crippen molar-refractivity contribution in [2.45, 2.75) is 31.4 Å². The number of quaternary nitrogens is 1. The van der Waals surface area contributed by atoms with Crippen LogP contribution in [0, 0.1) is 0 Å². The van der Waals surface area contributed by atoms with Crippen molar-refractivity contribution in [1.82, 2.24) is 5.32 Å². The fourth-order valence-corrected chi connectivity index (χ4v) is 2.09. The molecule has 0 aromatic carbocycles. The summed E-state index contributed by atoms with van der Waals surface area (Å²) in [4.78, 5) is 23.0. The van der Waals surface area contributed by atoms with Crippen LogP contribution in [0.3, 0.4) is 0 Å². The SMILES string of the molecule is O=C(C[C@@H]1[NH2+]CCNC1=O)OC[C@H]1CCCO1. The average Bonchev–Trinajstić information content (AvgIpc) is 2.82. The van der Waals surface area contributed by atoms with E-state index in [1.807, 2.05) is 5.32 Å². The summed E-state index contributed by atoms with van der Waals surface area (Å²) in [6.45, 7) is 2.55. The van der Waals surface area contributed by atoms with E-state index in [0.29, 0.717) is 13.2 Å². The molecule has 0 aromatic rings. The zero-order chi connectivity index (χ0) is 12.1. The summed E-state index contributed by atoms with van der Waals surface area (Å²) in [5.41, 5.74) is 0. The third kappa shape index (κ3) is 3.67. The molecule has 6 heteroatoms. The van der Waals surface area contributed by atoms with Crippen LogP contribution in [0.15, 0.2) is 0 Å². The van der Waals surface area contributed by atoms with Gasteiger partial charge in [-0.3, -0.25) is 9.59 Å². The molecule has 3 N–H and O–H groups in total. The molecule has 1 amide bonds. The molecule has 2 saturated heterocycles. The summed E-state index contributed by atoms with van der Waals surface area (Å²) < 4.78 is 10.5. The average molecular weight is 243 g/mol. The highest BCUT2D eigenvalue weighted by Crippen LogP contribution is 2.12. The van der Waals surface area contributed by atoms with Crippen LogP contribution in [-0.2, 0) is 19.1 Å². The van der Waals surface area contributed by atoms with Gasteiger partial charge in [0.1, 0.15) is 13.0 Å². The number of ether oxygens (including phenoxy) is 2. The van der Waals surface area contributed by atoms with E-state index in [2.05, 4.69) is 5.32 Å². The first-order valence-electron chi connectivity index (χ1n) is 6.14. The molecule has 0 saturated carbocycles. The van der Waals surface area contributed by atoms with E-state index < -0.39 is 0 Å². The zero-order valence-electron chi connectivity index (χ0n) is 9.81. The minimum Gasteiger partial charge on any atom is -0.463 e. The lowest BCUT2D eigenvalue weighted by atomic mass is 10.1. The fourth-order valence-electron chi connectivity index (χ4n) is 2.09. The third-order valence-corrected chi connectivity index (χ3v) is 3.07. The standard InChI is InChI=1S/C11H18N2O4/c14-10(17-7-8-2-1-5-16-8)6-9-11(15)13-4-3-12-9/h8-9,12H,1-7H2,(H,13,15)/p+1/t8-,9+/m1/s1. The van der Waals surface area contributed by atoms with Crippen molar-refractivity contribution in [3.8, 4) is 0 Å². The maximum Gasteiger partial charge on any atom is 0.312 e. The minimum atomic E-state index is -0.333. The highest BCUT2D eigenvalue weighted by Gasteiger charge is 2.29. The van der Waals surface area contributed by atoms with Gasteiger partial charge in [-0.25, -0.2) is 0 Å². The summed E-state index contributed by atoms with van der Waals surface area (Å²) in [6.07, 6.45) is 2.16. The van der Waals surface area contributed by atoms with Crippen LogP contribution < -0.4 is 10.6 Å². The molecule has 0 aliphatic carbocycles. The second kappa shape index (κ2) is 5.97. The van der Waals surface area contributed by atoms with E-state index >= 15 is 0 Å². The molecule has 2 aliphatic heterocycles. The Morgan fingerprint density at radius 1 is 1.59 bits per heavy atom. The molecule has 2 atom stereocenters. The lowest BCUT2D eigenvalue weighted by molar-refractivity contribution is -0.678. The topological polar surface area (TPSA) is 81.2 Å². The monoisotopic (exact) mass is 243 g/mol. The normalized spacial score (nSPS) is 28.8. The number of esters is 1. The number of nitrogens with one attached hydrogen (secondary N) is 1. The van der Waals surface area contributed by atoms with E-state index in [9.17, 15) is 9.59 Å². The van der Waals surface area contributed by atoms with Crippen LogP contribution in [0.25, 0.3) is 0 Å². The predicted octanol–water partition coefficient (Wildman–Crippen LogP) is -1.84. The van der Waals surface area contributed by atoms with Gasteiger partial charge < -0.3 is 20.1 Å². The molecule has 0 radical (unpaired) electrons. The van der Waals surface area contributed by atoms with Gasteiger partial charge >= 0.3 is 5.97 Å². The van der Waals surface area contributed by atoms with Crippen LogP contribution in [0.5, 0.6) is 0 Å². The van der Waals surface area contributed by atoms with Crippen LogP contribution in [0.4, 0.5) is 0 Å². The van der Waals surface area contributed by atoms with Gasteiger partial charge in [-0.2, -0.15) is 0 Å². The number of nitrogens with two attached hydrogens (primary N) is 1. The van der Waals surface area contributed by atoms with Gasteiger partial charge in [-0.05, 0) is 12.8 Å². The molecule has 2 aliphatic rings. The summed E-state index contributed by atoms with van der Waals surface area (Å²) in [5, 5.41) is 4.61.